The second-order valence-electron chi connectivity index (χ2n) is 3.95. The van der Waals surface area contributed by atoms with Crippen molar-refractivity contribution in [1.82, 2.24) is 0 Å². The molecule has 0 spiro atoms. The van der Waals surface area contributed by atoms with Crippen LogP contribution < -0.4 is 4.90 Å². The fourth-order valence-corrected chi connectivity index (χ4v) is 2.41. The van der Waals surface area contributed by atoms with Crippen LogP contribution in [0.4, 0.5) is 5.69 Å². The summed E-state index contributed by atoms with van der Waals surface area (Å²) in [5.74, 6) is -0.132. The average Bonchev–Trinajstić information content (AvgIpc) is 2.44. The van der Waals surface area contributed by atoms with Gasteiger partial charge in [0.05, 0.1) is 15.7 Å². The summed E-state index contributed by atoms with van der Waals surface area (Å²) in [5, 5.41) is 0.626. The van der Waals surface area contributed by atoms with Crippen LogP contribution in [-0.2, 0) is 4.79 Å². The molecule has 0 saturated heterocycles. The largest absolute Gasteiger partial charge is 0.310 e. The van der Waals surface area contributed by atoms with Gasteiger partial charge in [-0.2, -0.15) is 0 Å². The number of carbonyl (C=O) groups excluding carboxylic acids is 2. The Kier molecular flexibility index (Phi) is 3.40. The molecule has 0 atom stereocenters. The molecule has 0 aliphatic carbocycles. The maximum Gasteiger partial charge on any atom is 0.223 e. The van der Waals surface area contributed by atoms with Gasteiger partial charge in [0, 0.05) is 25.5 Å². The van der Waals surface area contributed by atoms with E-state index in [4.69, 9.17) is 23.2 Å². The van der Waals surface area contributed by atoms with Crippen LogP contribution in [0, 0.1) is 0 Å². The lowest BCUT2D eigenvalue weighted by atomic mass is 10.1. The molecule has 2 rings (SSSR count). The molecule has 1 heterocycles. The Morgan fingerprint density at radius 1 is 1.35 bits per heavy atom. The summed E-state index contributed by atoms with van der Waals surface area (Å²) in [4.78, 5) is 25.0. The number of carbonyl (C=O) groups is 2. The van der Waals surface area contributed by atoms with Gasteiger partial charge in [-0.05, 0) is 18.6 Å². The predicted octanol–water partition coefficient (Wildman–Crippen LogP) is 3.32. The summed E-state index contributed by atoms with van der Waals surface area (Å²) in [6.45, 7) is 1.95. The second kappa shape index (κ2) is 4.67. The van der Waals surface area contributed by atoms with Crippen LogP contribution in [0.2, 0.25) is 10.0 Å². The Hall–Kier alpha value is -1.06. The molecule has 0 radical (unpaired) electrons. The number of ketones is 1. The first-order chi connectivity index (χ1) is 8.02. The van der Waals surface area contributed by atoms with E-state index in [0.29, 0.717) is 35.7 Å². The van der Waals surface area contributed by atoms with Gasteiger partial charge in [-0.25, -0.2) is 0 Å². The number of Topliss-reactive ketones (excluding diaryl/α,β-unsaturated/α-hetero) is 1. The molecule has 0 aromatic heterocycles. The van der Waals surface area contributed by atoms with Crippen LogP contribution in [0.3, 0.4) is 0 Å². The van der Waals surface area contributed by atoms with Gasteiger partial charge in [-0.3, -0.25) is 9.59 Å². The van der Waals surface area contributed by atoms with E-state index in [0.717, 1.165) is 0 Å². The first kappa shape index (κ1) is 12.4. The molecule has 0 bridgehead atoms. The van der Waals surface area contributed by atoms with Crippen molar-refractivity contribution in [1.29, 1.82) is 0 Å². The maximum atomic E-state index is 11.9. The second-order valence-corrected chi connectivity index (χ2v) is 4.74. The molecule has 1 amide bonds. The number of anilines is 1. The van der Waals surface area contributed by atoms with E-state index in [-0.39, 0.29) is 16.7 Å². The van der Waals surface area contributed by atoms with Crippen LogP contribution in [0.25, 0.3) is 0 Å². The fourth-order valence-electron chi connectivity index (χ4n) is 1.99. The molecule has 0 unspecified atom stereocenters. The van der Waals surface area contributed by atoms with Gasteiger partial charge >= 0.3 is 0 Å². The molecule has 1 aromatic rings. The van der Waals surface area contributed by atoms with Crippen molar-refractivity contribution < 1.29 is 9.59 Å². The molecule has 0 fully saturated rings. The number of rotatable bonds is 0. The van der Waals surface area contributed by atoms with Gasteiger partial charge in [-0.15, -0.1) is 0 Å². The Bertz CT molecular complexity index is 500. The summed E-state index contributed by atoms with van der Waals surface area (Å²) in [7, 11) is 0. The molecule has 5 heteroatoms. The summed E-state index contributed by atoms with van der Waals surface area (Å²) in [5.41, 5.74) is 0.932. The van der Waals surface area contributed by atoms with Gasteiger partial charge in [0.1, 0.15) is 0 Å². The van der Waals surface area contributed by atoms with Gasteiger partial charge in [0.25, 0.3) is 0 Å². The van der Waals surface area contributed by atoms with Crippen molar-refractivity contribution in [3.8, 4) is 0 Å². The van der Waals surface area contributed by atoms with Gasteiger partial charge < -0.3 is 4.90 Å². The van der Waals surface area contributed by atoms with Crippen LogP contribution in [0.15, 0.2) is 12.1 Å². The normalized spacial score (nSPS) is 15.5. The molecule has 0 N–H and O–H groups in total. The standard InChI is InChI=1S/C12H11Cl2NO2/c1-7(16)15-6-2-3-10(17)8-4-5-9(13)11(14)12(8)15/h4-5H,2-3,6H2,1H3. The predicted molar refractivity (Wildman–Crippen MR) is 68.1 cm³/mol. The highest BCUT2D eigenvalue weighted by atomic mass is 35.5. The topological polar surface area (TPSA) is 37.4 Å². The molecule has 1 aliphatic heterocycles. The Labute approximate surface area is 109 Å². The van der Waals surface area contributed by atoms with E-state index in [2.05, 4.69) is 0 Å². The molecule has 1 aliphatic rings. The van der Waals surface area contributed by atoms with Gasteiger partial charge in [0.2, 0.25) is 5.91 Å². The van der Waals surface area contributed by atoms with E-state index >= 15 is 0 Å². The molecule has 17 heavy (non-hydrogen) atoms. The van der Waals surface area contributed by atoms with Crippen LogP contribution in [-0.4, -0.2) is 18.2 Å². The maximum absolute atomic E-state index is 11.9. The van der Waals surface area contributed by atoms with Crippen molar-refractivity contribution in [2.24, 2.45) is 0 Å². The van der Waals surface area contributed by atoms with Gasteiger partial charge in [-0.1, -0.05) is 23.2 Å². The highest BCUT2D eigenvalue weighted by Gasteiger charge is 2.26. The molecular weight excluding hydrogens is 261 g/mol. The molecule has 3 nitrogen and oxygen atoms in total. The lowest BCUT2D eigenvalue weighted by molar-refractivity contribution is -0.116. The summed E-state index contributed by atoms with van der Waals surface area (Å²) >= 11 is 12.0. The number of hydrogen-bond donors (Lipinski definition) is 0. The Balaban J connectivity index is 2.68. The minimum absolute atomic E-state index is 0.00215. The monoisotopic (exact) mass is 271 g/mol. The zero-order valence-electron chi connectivity index (χ0n) is 9.30. The molecule has 90 valence electrons. The third kappa shape index (κ3) is 2.17. The first-order valence-electron chi connectivity index (χ1n) is 5.31. The molecular formula is C12H11Cl2NO2. The van der Waals surface area contributed by atoms with Crippen LogP contribution >= 0.6 is 23.2 Å². The Morgan fingerprint density at radius 3 is 2.71 bits per heavy atom. The first-order valence-corrected chi connectivity index (χ1v) is 6.07. The summed E-state index contributed by atoms with van der Waals surface area (Å²) < 4.78 is 0. The number of fused-ring (bicyclic) bond motifs is 1. The highest BCUT2D eigenvalue weighted by Crippen LogP contribution is 2.38. The number of hydrogen-bond acceptors (Lipinski definition) is 2. The van der Waals surface area contributed by atoms with E-state index < -0.39 is 0 Å². The van der Waals surface area contributed by atoms with Crippen molar-refractivity contribution in [3.63, 3.8) is 0 Å². The van der Waals surface area contributed by atoms with E-state index in [9.17, 15) is 9.59 Å². The van der Waals surface area contributed by atoms with Crippen molar-refractivity contribution in [2.45, 2.75) is 19.8 Å². The van der Waals surface area contributed by atoms with Crippen LogP contribution in [0.5, 0.6) is 0 Å². The quantitative estimate of drug-likeness (QED) is 0.726. The summed E-state index contributed by atoms with van der Waals surface area (Å²) in [6.07, 6.45) is 1.07. The number of nitrogens with zero attached hydrogens (tertiary/aromatic N) is 1. The zero-order valence-corrected chi connectivity index (χ0v) is 10.8. The lowest BCUT2D eigenvalue weighted by Gasteiger charge is -2.22. The Morgan fingerprint density at radius 2 is 2.06 bits per heavy atom. The van der Waals surface area contributed by atoms with E-state index in [1.807, 2.05) is 0 Å². The summed E-state index contributed by atoms with van der Waals surface area (Å²) in [6, 6.07) is 3.22. The number of benzene rings is 1. The van der Waals surface area contributed by atoms with Crippen LogP contribution in [0.1, 0.15) is 30.1 Å². The van der Waals surface area contributed by atoms with E-state index in [1.165, 1.54) is 11.8 Å². The van der Waals surface area contributed by atoms with Gasteiger partial charge in [0.15, 0.2) is 5.78 Å². The minimum Gasteiger partial charge on any atom is -0.310 e. The lowest BCUT2D eigenvalue weighted by Crippen LogP contribution is -2.29. The van der Waals surface area contributed by atoms with Crippen molar-refractivity contribution >= 4 is 40.6 Å². The third-order valence-electron chi connectivity index (χ3n) is 2.81. The minimum atomic E-state index is -0.134. The van der Waals surface area contributed by atoms with Crippen molar-refractivity contribution in [3.05, 3.63) is 27.7 Å². The number of amides is 1. The zero-order chi connectivity index (χ0) is 12.6. The smallest absolute Gasteiger partial charge is 0.223 e. The number of halogens is 2. The molecule has 1 aromatic carbocycles. The fraction of sp³-hybridized carbons (Fsp3) is 0.333. The molecule has 0 saturated carbocycles. The SMILES string of the molecule is CC(=O)N1CCCC(=O)c2ccc(Cl)c(Cl)c21. The average molecular weight is 272 g/mol. The highest BCUT2D eigenvalue weighted by molar-refractivity contribution is 6.44. The van der Waals surface area contributed by atoms with Crippen molar-refractivity contribution in [2.75, 3.05) is 11.4 Å². The van der Waals surface area contributed by atoms with E-state index in [1.54, 1.807) is 12.1 Å². The third-order valence-corrected chi connectivity index (χ3v) is 3.60.